The van der Waals surface area contributed by atoms with Crippen LogP contribution < -0.4 is 0 Å². The zero-order chi connectivity index (χ0) is 9.31. The van der Waals surface area contributed by atoms with Gasteiger partial charge in [0, 0.05) is 25.6 Å². The Kier molecular flexibility index (Phi) is 2.61. The van der Waals surface area contributed by atoms with Gasteiger partial charge in [-0.15, -0.1) is 0 Å². The molecule has 0 aliphatic heterocycles. The van der Waals surface area contributed by atoms with Gasteiger partial charge in [0.05, 0.1) is 0 Å². The van der Waals surface area contributed by atoms with Gasteiger partial charge >= 0.3 is 0 Å². The first kappa shape index (κ1) is 9.47. The van der Waals surface area contributed by atoms with E-state index in [0.29, 0.717) is 5.92 Å². The summed E-state index contributed by atoms with van der Waals surface area (Å²) < 4.78 is 11.7. The molecule has 0 heterocycles. The van der Waals surface area contributed by atoms with Crippen molar-refractivity contribution in [2.75, 3.05) is 13.2 Å². The van der Waals surface area contributed by atoms with E-state index in [2.05, 4.69) is 13.8 Å². The van der Waals surface area contributed by atoms with Crippen molar-refractivity contribution in [1.82, 2.24) is 0 Å². The van der Waals surface area contributed by atoms with E-state index in [0.717, 1.165) is 25.6 Å². The minimum absolute atomic E-state index is 0.188. The molecule has 0 aromatic heterocycles. The van der Waals surface area contributed by atoms with Crippen LogP contribution in [-0.2, 0) is 9.47 Å². The summed E-state index contributed by atoms with van der Waals surface area (Å²) in [5.41, 5.74) is 0. The van der Waals surface area contributed by atoms with Gasteiger partial charge in [-0.3, -0.25) is 0 Å². The van der Waals surface area contributed by atoms with Crippen LogP contribution in [0.4, 0.5) is 0 Å². The second kappa shape index (κ2) is 3.58. The Balaban J connectivity index is 2.05. The molecule has 76 valence electrons. The topological polar surface area (TPSA) is 18.5 Å². The Bertz CT molecular complexity index is 173. The van der Waals surface area contributed by atoms with E-state index in [1.165, 1.54) is 19.3 Å². The molecular weight excluding hydrogens is 164 g/mol. The molecule has 2 saturated carbocycles. The summed E-state index contributed by atoms with van der Waals surface area (Å²) in [6.07, 6.45) is 5.18. The van der Waals surface area contributed by atoms with Crippen molar-refractivity contribution in [2.24, 2.45) is 11.8 Å². The van der Waals surface area contributed by atoms with Crippen LogP contribution in [0, 0.1) is 11.8 Å². The van der Waals surface area contributed by atoms with Gasteiger partial charge in [-0.05, 0) is 39.0 Å². The third kappa shape index (κ3) is 1.50. The minimum atomic E-state index is -0.188. The number of rotatable bonds is 4. The second-order valence-electron chi connectivity index (χ2n) is 4.26. The lowest BCUT2D eigenvalue weighted by Gasteiger charge is -2.36. The van der Waals surface area contributed by atoms with Gasteiger partial charge in [0.15, 0.2) is 5.79 Å². The first-order valence-corrected chi connectivity index (χ1v) is 5.58. The van der Waals surface area contributed by atoms with Crippen molar-refractivity contribution in [3.63, 3.8) is 0 Å². The molecule has 2 nitrogen and oxygen atoms in total. The summed E-state index contributed by atoms with van der Waals surface area (Å²) in [6.45, 7) is 5.69. The fraction of sp³-hybridized carbons (Fsp3) is 1.00. The van der Waals surface area contributed by atoms with E-state index >= 15 is 0 Å². The highest BCUT2D eigenvalue weighted by atomic mass is 16.7. The Hall–Kier alpha value is -0.0800. The van der Waals surface area contributed by atoms with Gasteiger partial charge < -0.3 is 9.47 Å². The second-order valence-corrected chi connectivity index (χ2v) is 4.26. The fourth-order valence-electron chi connectivity index (χ4n) is 3.11. The molecule has 2 fully saturated rings. The lowest BCUT2D eigenvalue weighted by molar-refractivity contribution is -0.259. The molecule has 2 aliphatic rings. The zero-order valence-corrected chi connectivity index (χ0v) is 8.71. The standard InChI is InChI=1S/C11H20O2/c1-3-12-11(13-4-2)8-9-5-6-10(11)7-9/h9-10H,3-8H2,1-2H3. The summed E-state index contributed by atoms with van der Waals surface area (Å²) in [5, 5.41) is 0. The van der Waals surface area contributed by atoms with E-state index in [-0.39, 0.29) is 5.79 Å². The smallest absolute Gasteiger partial charge is 0.171 e. The van der Waals surface area contributed by atoms with Crippen LogP contribution in [0.25, 0.3) is 0 Å². The minimum Gasteiger partial charge on any atom is -0.350 e. The molecule has 0 aromatic rings. The van der Waals surface area contributed by atoms with E-state index in [1.54, 1.807) is 0 Å². The van der Waals surface area contributed by atoms with Gasteiger partial charge in [0.2, 0.25) is 0 Å². The highest BCUT2D eigenvalue weighted by Gasteiger charge is 2.52. The molecule has 2 rings (SSSR count). The van der Waals surface area contributed by atoms with Gasteiger partial charge in [-0.25, -0.2) is 0 Å². The molecule has 2 unspecified atom stereocenters. The third-order valence-corrected chi connectivity index (χ3v) is 3.51. The molecule has 0 N–H and O–H groups in total. The Morgan fingerprint density at radius 2 is 1.85 bits per heavy atom. The fourth-order valence-corrected chi connectivity index (χ4v) is 3.11. The number of ether oxygens (including phenoxy) is 2. The maximum Gasteiger partial charge on any atom is 0.171 e. The van der Waals surface area contributed by atoms with Crippen molar-refractivity contribution in [3.8, 4) is 0 Å². The lowest BCUT2D eigenvalue weighted by Crippen LogP contribution is -2.41. The molecule has 0 radical (unpaired) electrons. The van der Waals surface area contributed by atoms with Crippen LogP contribution in [0.5, 0.6) is 0 Å². The van der Waals surface area contributed by atoms with Gasteiger partial charge in [0.1, 0.15) is 0 Å². The summed E-state index contributed by atoms with van der Waals surface area (Å²) >= 11 is 0. The van der Waals surface area contributed by atoms with E-state index in [1.807, 2.05) is 0 Å². The Morgan fingerprint density at radius 1 is 1.15 bits per heavy atom. The monoisotopic (exact) mass is 184 g/mol. The molecule has 0 amide bonds. The summed E-state index contributed by atoms with van der Waals surface area (Å²) in [5.74, 6) is 1.37. The third-order valence-electron chi connectivity index (χ3n) is 3.51. The molecule has 2 atom stereocenters. The molecule has 13 heavy (non-hydrogen) atoms. The van der Waals surface area contributed by atoms with Crippen LogP contribution in [0.2, 0.25) is 0 Å². The molecule has 2 aliphatic carbocycles. The molecule has 0 aromatic carbocycles. The molecule has 0 saturated heterocycles. The van der Waals surface area contributed by atoms with Crippen LogP contribution in [0.3, 0.4) is 0 Å². The zero-order valence-electron chi connectivity index (χ0n) is 8.71. The van der Waals surface area contributed by atoms with Crippen LogP contribution in [0.15, 0.2) is 0 Å². The van der Waals surface area contributed by atoms with Gasteiger partial charge in [-0.2, -0.15) is 0 Å². The summed E-state index contributed by atoms with van der Waals surface area (Å²) in [7, 11) is 0. The summed E-state index contributed by atoms with van der Waals surface area (Å²) in [4.78, 5) is 0. The maximum absolute atomic E-state index is 5.84. The van der Waals surface area contributed by atoms with Gasteiger partial charge in [-0.1, -0.05) is 0 Å². The normalized spacial score (nSPS) is 35.5. The molecular formula is C11H20O2. The van der Waals surface area contributed by atoms with Crippen molar-refractivity contribution in [1.29, 1.82) is 0 Å². The largest absolute Gasteiger partial charge is 0.350 e. The first-order chi connectivity index (χ1) is 6.30. The number of hydrogen-bond donors (Lipinski definition) is 0. The van der Waals surface area contributed by atoms with Crippen LogP contribution >= 0.6 is 0 Å². The quantitative estimate of drug-likeness (QED) is 0.625. The highest BCUT2D eigenvalue weighted by Crippen LogP contribution is 2.53. The lowest BCUT2D eigenvalue weighted by atomic mass is 9.94. The predicted octanol–water partition coefficient (Wildman–Crippen LogP) is 2.58. The predicted molar refractivity (Wildman–Crippen MR) is 51.4 cm³/mol. The Morgan fingerprint density at radius 3 is 2.23 bits per heavy atom. The SMILES string of the molecule is CCOC1(OCC)CC2CCC1C2. The average Bonchev–Trinajstić information content (AvgIpc) is 2.64. The number of fused-ring (bicyclic) bond motifs is 2. The molecule has 2 bridgehead atoms. The van der Waals surface area contributed by atoms with Crippen molar-refractivity contribution in [3.05, 3.63) is 0 Å². The summed E-state index contributed by atoms with van der Waals surface area (Å²) in [6, 6.07) is 0. The van der Waals surface area contributed by atoms with Crippen molar-refractivity contribution < 1.29 is 9.47 Å². The molecule has 2 heteroatoms. The average molecular weight is 184 g/mol. The van der Waals surface area contributed by atoms with E-state index < -0.39 is 0 Å². The molecule has 0 spiro atoms. The maximum atomic E-state index is 5.84. The van der Waals surface area contributed by atoms with Crippen LogP contribution in [0.1, 0.15) is 39.5 Å². The van der Waals surface area contributed by atoms with E-state index in [9.17, 15) is 0 Å². The number of hydrogen-bond acceptors (Lipinski definition) is 2. The van der Waals surface area contributed by atoms with Crippen LogP contribution in [-0.4, -0.2) is 19.0 Å². The highest BCUT2D eigenvalue weighted by molar-refractivity contribution is 4.97. The Labute approximate surface area is 80.6 Å². The van der Waals surface area contributed by atoms with E-state index in [4.69, 9.17) is 9.47 Å². The van der Waals surface area contributed by atoms with Gasteiger partial charge in [0.25, 0.3) is 0 Å². The van der Waals surface area contributed by atoms with Crippen molar-refractivity contribution in [2.45, 2.75) is 45.3 Å². The first-order valence-electron chi connectivity index (χ1n) is 5.58. The van der Waals surface area contributed by atoms with Crippen molar-refractivity contribution >= 4 is 0 Å².